The molecule has 10 heteroatoms. The summed E-state index contributed by atoms with van der Waals surface area (Å²) in [4.78, 5) is 28.5. The Morgan fingerprint density at radius 2 is 1.90 bits per heavy atom. The van der Waals surface area contributed by atoms with Gasteiger partial charge in [0.05, 0.1) is 42.3 Å². The molecular formula is C30H31ClN4O4S. The zero-order valence-electron chi connectivity index (χ0n) is 22.8. The van der Waals surface area contributed by atoms with Crippen LogP contribution in [-0.4, -0.2) is 41.0 Å². The number of ether oxygens (including phenoxy) is 1. The number of anilines is 1. The predicted molar refractivity (Wildman–Crippen MR) is 157 cm³/mol. The Balaban J connectivity index is 1.68. The van der Waals surface area contributed by atoms with Gasteiger partial charge in [0.15, 0.2) is 0 Å². The van der Waals surface area contributed by atoms with Gasteiger partial charge in [-0.05, 0) is 48.0 Å². The van der Waals surface area contributed by atoms with Crippen LogP contribution < -0.4 is 15.0 Å². The molecule has 0 saturated heterocycles. The fraction of sp³-hybridized carbons (Fsp3) is 0.300. The van der Waals surface area contributed by atoms with Crippen LogP contribution in [0.3, 0.4) is 0 Å². The Morgan fingerprint density at radius 3 is 2.55 bits per heavy atom. The molecule has 0 fully saturated rings. The van der Waals surface area contributed by atoms with Crippen LogP contribution in [0.15, 0.2) is 71.3 Å². The van der Waals surface area contributed by atoms with E-state index in [9.17, 15) is 9.59 Å². The Kier molecular flexibility index (Phi) is 7.96. The summed E-state index contributed by atoms with van der Waals surface area (Å²) >= 11 is 8.22. The number of fused-ring (bicyclic) bond motifs is 1. The van der Waals surface area contributed by atoms with Gasteiger partial charge in [-0.3, -0.25) is 14.5 Å². The molecule has 0 aliphatic carbocycles. The Hall–Kier alpha value is -3.69. The van der Waals surface area contributed by atoms with Gasteiger partial charge in [-0.15, -0.1) is 11.8 Å². The van der Waals surface area contributed by atoms with E-state index in [1.807, 2.05) is 48.5 Å². The summed E-state index contributed by atoms with van der Waals surface area (Å²) in [5.74, 6) is 1.56. The zero-order valence-corrected chi connectivity index (χ0v) is 24.4. The number of rotatable bonds is 7. The van der Waals surface area contributed by atoms with E-state index in [2.05, 4.69) is 26.1 Å². The number of thioether (sulfide) groups is 1. The molecule has 1 aliphatic rings. The second-order valence-electron chi connectivity index (χ2n) is 10.5. The molecule has 1 aliphatic heterocycles. The highest BCUT2D eigenvalue weighted by Crippen LogP contribution is 2.49. The van der Waals surface area contributed by atoms with Crippen molar-refractivity contribution in [2.45, 2.75) is 38.0 Å². The first-order valence-electron chi connectivity index (χ1n) is 12.9. The molecule has 0 spiro atoms. The van der Waals surface area contributed by atoms with Gasteiger partial charge in [-0.25, -0.2) is 4.68 Å². The number of halogens is 1. The van der Waals surface area contributed by atoms with E-state index in [1.165, 1.54) is 11.8 Å². The topological polar surface area (TPSA) is 89.6 Å². The number of carbonyl (C=O) groups excluding carboxylic acids is 2. The van der Waals surface area contributed by atoms with Crippen molar-refractivity contribution in [3.05, 3.63) is 94.5 Å². The molecule has 1 atom stereocenters. The number of nitrogens with one attached hydrogen (secondary N) is 1. The first-order valence-corrected chi connectivity index (χ1v) is 14.3. The number of carbonyl (C=O) groups is 2. The number of hydrogen-bond donors (Lipinski definition) is 1. The van der Waals surface area contributed by atoms with Gasteiger partial charge < -0.3 is 14.5 Å². The average molecular weight is 579 g/mol. The predicted octanol–water partition coefficient (Wildman–Crippen LogP) is 5.91. The SMILES string of the molecule is COc1ccc(-n2nc(C(C)(C)C)c3c2N(CC(=O)NCc2ccco2)C(=O)CS[C@H]3c2ccccc2Cl)cc1. The molecule has 0 radical (unpaired) electrons. The van der Waals surface area contributed by atoms with Crippen LogP contribution in [0.5, 0.6) is 5.75 Å². The van der Waals surface area contributed by atoms with Crippen molar-refractivity contribution in [2.24, 2.45) is 0 Å². The lowest BCUT2D eigenvalue weighted by molar-refractivity contribution is -0.123. The van der Waals surface area contributed by atoms with Crippen LogP contribution in [0, 0.1) is 0 Å². The number of amides is 2. The lowest BCUT2D eigenvalue weighted by atomic mass is 9.87. The van der Waals surface area contributed by atoms with Crippen molar-refractivity contribution in [1.29, 1.82) is 0 Å². The van der Waals surface area contributed by atoms with E-state index < -0.39 is 0 Å². The fourth-order valence-corrected chi connectivity index (χ4v) is 6.25. The molecular weight excluding hydrogens is 548 g/mol. The van der Waals surface area contributed by atoms with E-state index in [1.54, 1.807) is 35.1 Å². The van der Waals surface area contributed by atoms with Crippen LogP contribution in [0.1, 0.15) is 48.6 Å². The lowest BCUT2D eigenvalue weighted by Gasteiger charge is -2.25. The van der Waals surface area contributed by atoms with Crippen LogP contribution in [0.4, 0.5) is 5.82 Å². The van der Waals surface area contributed by atoms with Gasteiger partial charge in [0.1, 0.15) is 23.9 Å². The lowest BCUT2D eigenvalue weighted by Crippen LogP contribution is -2.42. The van der Waals surface area contributed by atoms with Crippen molar-refractivity contribution in [1.82, 2.24) is 15.1 Å². The number of methoxy groups -OCH3 is 1. The maximum atomic E-state index is 13.8. The van der Waals surface area contributed by atoms with E-state index >= 15 is 0 Å². The number of benzene rings is 2. The summed E-state index contributed by atoms with van der Waals surface area (Å²) < 4.78 is 12.5. The van der Waals surface area contributed by atoms with E-state index in [0.29, 0.717) is 22.4 Å². The van der Waals surface area contributed by atoms with Gasteiger partial charge >= 0.3 is 0 Å². The third-order valence-electron chi connectivity index (χ3n) is 6.65. The van der Waals surface area contributed by atoms with Gasteiger partial charge in [0.2, 0.25) is 11.8 Å². The van der Waals surface area contributed by atoms with Crippen molar-refractivity contribution >= 4 is 41.0 Å². The highest BCUT2D eigenvalue weighted by molar-refractivity contribution is 8.00. The zero-order chi connectivity index (χ0) is 28.4. The second-order valence-corrected chi connectivity index (χ2v) is 12.0. The third-order valence-corrected chi connectivity index (χ3v) is 8.23. The number of aromatic nitrogens is 2. The maximum absolute atomic E-state index is 13.8. The van der Waals surface area contributed by atoms with E-state index in [4.69, 9.17) is 25.9 Å². The summed E-state index contributed by atoms with van der Waals surface area (Å²) in [7, 11) is 1.61. The molecule has 40 heavy (non-hydrogen) atoms. The van der Waals surface area contributed by atoms with Crippen molar-refractivity contribution < 1.29 is 18.7 Å². The average Bonchev–Trinajstić information content (AvgIpc) is 3.57. The Bertz CT molecular complexity index is 1510. The number of furan rings is 1. The molecule has 2 aromatic heterocycles. The smallest absolute Gasteiger partial charge is 0.240 e. The van der Waals surface area contributed by atoms with Crippen LogP contribution >= 0.6 is 23.4 Å². The molecule has 3 heterocycles. The maximum Gasteiger partial charge on any atom is 0.240 e. The molecule has 2 aromatic carbocycles. The normalized spacial score (nSPS) is 15.5. The largest absolute Gasteiger partial charge is 0.497 e. The van der Waals surface area contributed by atoms with E-state index in [-0.39, 0.29) is 41.3 Å². The quantitative estimate of drug-likeness (QED) is 0.293. The molecule has 0 saturated carbocycles. The number of nitrogens with zero attached hydrogens (tertiary/aromatic N) is 3. The minimum Gasteiger partial charge on any atom is -0.497 e. The van der Waals surface area contributed by atoms with Gasteiger partial charge in [0, 0.05) is 16.0 Å². The standard InChI is InChI=1S/C30H31ClN4O4S/c1-30(2,3)28-26-27(22-9-5-6-10-23(22)31)40-18-25(37)34(17-24(36)32-16-21-8-7-15-39-21)29(26)35(33-28)19-11-13-20(38-4)14-12-19/h5-15,27H,16-18H2,1-4H3,(H,32,36)/t27-/m0/s1. The van der Waals surface area contributed by atoms with Crippen LogP contribution in [0.2, 0.25) is 5.02 Å². The van der Waals surface area contributed by atoms with Crippen LogP contribution in [-0.2, 0) is 21.5 Å². The van der Waals surface area contributed by atoms with Crippen molar-refractivity contribution in [3.63, 3.8) is 0 Å². The van der Waals surface area contributed by atoms with Crippen LogP contribution in [0.25, 0.3) is 5.69 Å². The molecule has 4 aromatic rings. The van der Waals surface area contributed by atoms with E-state index in [0.717, 1.165) is 22.5 Å². The molecule has 208 valence electrons. The molecule has 5 rings (SSSR count). The van der Waals surface area contributed by atoms with Gasteiger partial charge in [-0.1, -0.05) is 50.6 Å². The first-order chi connectivity index (χ1) is 19.2. The highest BCUT2D eigenvalue weighted by Gasteiger charge is 2.40. The van der Waals surface area contributed by atoms with Gasteiger partial charge in [0.25, 0.3) is 0 Å². The Morgan fingerprint density at radius 1 is 1.15 bits per heavy atom. The molecule has 2 amide bonds. The summed E-state index contributed by atoms with van der Waals surface area (Å²) in [6, 6.07) is 18.7. The third kappa shape index (κ3) is 5.62. The first kappa shape index (κ1) is 27.9. The summed E-state index contributed by atoms with van der Waals surface area (Å²) in [5.41, 5.74) is 2.96. The molecule has 8 nitrogen and oxygen atoms in total. The number of hydrogen-bond acceptors (Lipinski definition) is 6. The highest BCUT2D eigenvalue weighted by atomic mass is 35.5. The summed E-state index contributed by atoms with van der Waals surface area (Å²) in [5, 5.41) is 8.30. The minimum atomic E-state index is -0.373. The summed E-state index contributed by atoms with van der Waals surface area (Å²) in [6.07, 6.45) is 1.56. The molecule has 0 unspecified atom stereocenters. The monoisotopic (exact) mass is 578 g/mol. The van der Waals surface area contributed by atoms with Crippen molar-refractivity contribution in [3.8, 4) is 11.4 Å². The van der Waals surface area contributed by atoms with Gasteiger partial charge in [-0.2, -0.15) is 5.10 Å². The fourth-order valence-electron chi connectivity index (χ4n) is 4.71. The summed E-state index contributed by atoms with van der Waals surface area (Å²) in [6.45, 7) is 6.33. The molecule has 0 bridgehead atoms. The van der Waals surface area contributed by atoms with Crippen molar-refractivity contribution in [2.75, 3.05) is 24.3 Å². The Labute approximate surface area is 242 Å². The second kappa shape index (κ2) is 11.4. The minimum absolute atomic E-state index is 0.169. The molecule has 1 N–H and O–H groups in total.